The highest BCUT2D eigenvalue weighted by atomic mass is 16.6. The van der Waals surface area contributed by atoms with Gasteiger partial charge in [-0.1, -0.05) is 42.5 Å². The zero-order valence-corrected chi connectivity index (χ0v) is 13.3. The van der Waals surface area contributed by atoms with Crippen molar-refractivity contribution < 1.29 is 19.7 Å². The lowest BCUT2D eigenvalue weighted by molar-refractivity contribution is -0.159. The molecule has 0 amide bonds. The number of rotatable bonds is 7. The molecule has 0 aromatic heterocycles. The third-order valence-electron chi connectivity index (χ3n) is 2.81. The van der Waals surface area contributed by atoms with Gasteiger partial charge in [0.25, 0.3) is 0 Å². The predicted molar refractivity (Wildman–Crippen MR) is 85.1 cm³/mol. The summed E-state index contributed by atoms with van der Waals surface area (Å²) in [6.07, 6.45) is 1.70. The molecule has 0 saturated carbocycles. The largest absolute Gasteiger partial charge is 0.459 e. The van der Waals surface area contributed by atoms with Crippen molar-refractivity contribution in [2.45, 2.75) is 45.1 Å². The molecule has 0 aliphatic carbocycles. The molecular weight excluding hydrogens is 282 g/mol. The number of aliphatic hydroxyl groups is 2. The summed E-state index contributed by atoms with van der Waals surface area (Å²) in [5, 5.41) is 21.9. The van der Waals surface area contributed by atoms with Gasteiger partial charge in [-0.05, 0) is 26.3 Å². The molecule has 122 valence electrons. The van der Waals surface area contributed by atoms with Crippen molar-refractivity contribution >= 4 is 5.97 Å². The van der Waals surface area contributed by atoms with Crippen LogP contribution in [-0.4, -0.2) is 40.5 Å². The van der Waals surface area contributed by atoms with E-state index in [0.29, 0.717) is 6.54 Å². The number of aliphatic hydroxyl groups excluding tert-OH is 2. The summed E-state index contributed by atoms with van der Waals surface area (Å²) in [5.41, 5.74) is 0.360. The van der Waals surface area contributed by atoms with Crippen LogP contribution in [0, 0.1) is 0 Å². The minimum Gasteiger partial charge on any atom is -0.459 e. The van der Waals surface area contributed by atoms with Gasteiger partial charge in [-0.25, -0.2) is 0 Å². The maximum absolute atomic E-state index is 12.2. The van der Waals surface area contributed by atoms with Crippen molar-refractivity contribution in [3.05, 3.63) is 48.0 Å². The lowest BCUT2D eigenvalue weighted by atomic mass is 10.1. The van der Waals surface area contributed by atoms with Crippen LogP contribution in [0.1, 0.15) is 26.3 Å². The summed E-state index contributed by atoms with van der Waals surface area (Å²) >= 11 is 0. The Balaban J connectivity index is 2.77. The summed E-state index contributed by atoms with van der Waals surface area (Å²) in [5.74, 6) is -0.529. The predicted octanol–water partition coefficient (Wildman–Crippen LogP) is 1.40. The third-order valence-corrected chi connectivity index (χ3v) is 2.81. The van der Waals surface area contributed by atoms with Gasteiger partial charge < -0.3 is 14.9 Å². The van der Waals surface area contributed by atoms with Crippen LogP contribution in [0.5, 0.6) is 0 Å². The van der Waals surface area contributed by atoms with E-state index < -0.39 is 23.7 Å². The Morgan fingerprint density at radius 1 is 1.32 bits per heavy atom. The first-order valence-electron chi connectivity index (χ1n) is 7.29. The number of nitrogens with one attached hydrogen (secondary N) is 1. The molecule has 0 saturated heterocycles. The van der Waals surface area contributed by atoms with Crippen molar-refractivity contribution in [2.75, 3.05) is 6.61 Å². The van der Waals surface area contributed by atoms with Gasteiger partial charge in [0, 0.05) is 6.54 Å². The molecule has 3 N–H and O–H groups in total. The first kappa shape index (κ1) is 18.4. The number of hydrogen-bond acceptors (Lipinski definition) is 5. The van der Waals surface area contributed by atoms with E-state index in [2.05, 4.69) is 5.32 Å². The average Bonchev–Trinajstić information content (AvgIpc) is 2.44. The molecule has 5 nitrogen and oxygen atoms in total. The molecule has 0 heterocycles. The van der Waals surface area contributed by atoms with Crippen LogP contribution in [0.3, 0.4) is 0 Å². The molecule has 0 fully saturated rings. The van der Waals surface area contributed by atoms with E-state index in [4.69, 9.17) is 9.84 Å². The Morgan fingerprint density at radius 3 is 2.50 bits per heavy atom. The van der Waals surface area contributed by atoms with Gasteiger partial charge in [-0.2, -0.15) is 0 Å². The second kappa shape index (κ2) is 8.68. The zero-order chi connectivity index (χ0) is 16.6. The summed E-state index contributed by atoms with van der Waals surface area (Å²) < 4.78 is 5.33. The van der Waals surface area contributed by atoms with E-state index >= 15 is 0 Å². The van der Waals surface area contributed by atoms with E-state index in [1.54, 1.807) is 20.8 Å². The van der Waals surface area contributed by atoms with E-state index in [9.17, 15) is 9.90 Å². The van der Waals surface area contributed by atoms with E-state index in [1.807, 2.05) is 30.3 Å². The Labute approximate surface area is 131 Å². The molecule has 0 aliphatic rings. The molecule has 0 unspecified atom stereocenters. The molecule has 0 spiro atoms. The highest BCUT2D eigenvalue weighted by molar-refractivity contribution is 5.77. The number of carbonyl (C=O) groups excluding carboxylic acids is 1. The highest BCUT2D eigenvalue weighted by Crippen LogP contribution is 2.11. The Bertz CT molecular complexity index is 479. The van der Waals surface area contributed by atoms with E-state index in [0.717, 1.165) is 5.56 Å². The van der Waals surface area contributed by atoms with Crippen LogP contribution in [-0.2, 0) is 16.1 Å². The van der Waals surface area contributed by atoms with E-state index in [1.165, 1.54) is 12.2 Å². The van der Waals surface area contributed by atoms with Gasteiger partial charge in [-0.15, -0.1) is 0 Å². The smallest absolute Gasteiger partial charge is 0.326 e. The highest BCUT2D eigenvalue weighted by Gasteiger charge is 2.29. The van der Waals surface area contributed by atoms with Crippen LogP contribution in [0.4, 0.5) is 0 Å². The number of carbonyl (C=O) groups is 1. The monoisotopic (exact) mass is 307 g/mol. The fourth-order valence-electron chi connectivity index (χ4n) is 1.84. The lowest BCUT2D eigenvalue weighted by Gasteiger charge is -2.26. The van der Waals surface area contributed by atoms with Gasteiger partial charge >= 0.3 is 5.97 Å². The van der Waals surface area contributed by atoms with Crippen LogP contribution in [0.25, 0.3) is 0 Å². The molecular formula is C17H25NO4. The molecule has 1 aromatic rings. The number of benzene rings is 1. The van der Waals surface area contributed by atoms with Crippen LogP contribution in [0.15, 0.2) is 42.5 Å². The third kappa shape index (κ3) is 6.85. The van der Waals surface area contributed by atoms with Crippen LogP contribution >= 0.6 is 0 Å². The summed E-state index contributed by atoms with van der Waals surface area (Å²) in [4.78, 5) is 12.2. The zero-order valence-electron chi connectivity index (χ0n) is 13.3. The normalized spacial score (nSPS) is 14.8. The standard InChI is InChI=1S/C17H25NO4/c1-17(2,3)22-16(21)15(14(20)10-7-11-19)18-12-13-8-5-4-6-9-13/h4-10,14-15,18-20H,11-12H2,1-3H3/b10-7+/t14-,15-/m0/s1. The second-order valence-electron chi connectivity index (χ2n) is 5.98. The van der Waals surface area contributed by atoms with Gasteiger partial charge in [0.1, 0.15) is 11.6 Å². The summed E-state index contributed by atoms with van der Waals surface area (Å²) in [6, 6.07) is 8.67. The number of esters is 1. The van der Waals surface area contributed by atoms with Gasteiger partial charge in [0.15, 0.2) is 0 Å². The van der Waals surface area contributed by atoms with Crippen LogP contribution < -0.4 is 5.32 Å². The Hall–Kier alpha value is -1.69. The second-order valence-corrected chi connectivity index (χ2v) is 5.98. The average molecular weight is 307 g/mol. The first-order valence-corrected chi connectivity index (χ1v) is 7.29. The van der Waals surface area contributed by atoms with Gasteiger partial charge in [0.2, 0.25) is 0 Å². The van der Waals surface area contributed by atoms with Gasteiger partial charge in [-0.3, -0.25) is 10.1 Å². The fraction of sp³-hybridized carbons (Fsp3) is 0.471. The molecule has 0 radical (unpaired) electrons. The van der Waals surface area contributed by atoms with E-state index in [-0.39, 0.29) is 6.61 Å². The van der Waals surface area contributed by atoms with Crippen molar-refractivity contribution in [1.82, 2.24) is 5.32 Å². The fourth-order valence-corrected chi connectivity index (χ4v) is 1.84. The number of ether oxygens (including phenoxy) is 1. The molecule has 1 aromatic carbocycles. The van der Waals surface area contributed by atoms with Crippen molar-refractivity contribution in [3.63, 3.8) is 0 Å². The topological polar surface area (TPSA) is 78.8 Å². The quantitative estimate of drug-likeness (QED) is 0.524. The minimum absolute atomic E-state index is 0.198. The van der Waals surface area contributed by atoms with Crippen molar-refractivity contribution in [3.8, 4) is 0 Å². The van der Waals surface area contributed by atoms with Crippen molar-refractivity contribution in [1.29, 1.82) is 0 Å². The summed E-state index contributed by atoms with van der Waals surface area (Å²) in [7, 11) is 0. The SMILES string of the molecule is CC(C)(C)OC(=O)[C@@H](NCc1ccccc1)[C@@H](O)/C=C/CO. The maximum atomic E-state index is 12.2. The van der Waals surface area contributed by atoms with Gasteiger partial charge in [0.05, 0.1) is 12.7 Å². The molecule has 2 atom stereocenters. The lowest BCUT2D eigenvalue weighted by Crippen LogP contribution is -2.48. The molecule has 1 rings (SSSR count). The molecule has 22 heavy (non-hydrogen) atoms. The first-order chi connectivity index (χ1) is 10.3. The maximum Gasteiger partial charge on any atom is 0.326 e. The molecule has 5 heteroatoms. The van der Waals surface area contributed by atoms with Crippen LogP contribution in [0.2, 0.25) is 0 Å². The Morgan fingerprint density at radius 2 is 1.95 bits per heavy atom. The van der Waals surface area contributed by atoms with Crippen molar-refractivity contribution in [2.24, 2.45) is 0 Å². The minimum atomic E-state index is -1.08. The number of hydrogen-bond donors (Lipinski definition) is 3. The Kier molecular flexibility index (Phi) is 7.24. The molecule has 0 bridgehead atoms. The molecule has 0 aliphatic heterocycles. The summed E-state index contributed by atoms with van der Waals surface area (Å²) in [6.45, 7) is 5.55.